The monoisotopic (exact) mass is 363 g/mol. The molecule has 0 amide bonds. The van der Waals surface area contributed by atoms with Crippen LogP contribution in [0.4, 0.5) is 5.13 Å². The Kier molecular flexibility index (Phi) is 6.76. The molecular formula is C17H21N3O4S. The molecule has 134 valence electrons. The highest BCUT2D eigenvalue weighted by Gasteiger charge is 2.09. The highest BCUT2D eigenvalue weighted by Crippen LogP contribution is 2.27. The molecule has 0 bridgehead atoms. The van der Waals surface area contributed by atoms with Gasteiger partial charge in [0, 0.05) is 10.9 Å². The Labute approximate surface area is 150 Å². The van der Waals surface area contributed by atoms with Crippen LogP contribution in [0.15, 0.2) is 22.6 Å². The van der Waals surface area contributed by atoms with Crippen LogP contribution in [-0.4, -0.2) is 38.0 Å². The standard InChI is InChI=1S/C17H21N3O4S/c1-5-24-16(21)8-13-10-25-17(19-13)20-18-9-12-7-14(22-3)11(2)6-15(12)23-4/h6-7,9-10H,5,8H2,1-4H3,(H,19,20). The van der Waals surface area contributed by atoms with Crippen LogP contribution < -0.4 is 14.9 Å². The van der Waals surface area contributed by atoms with Crippen LogP contribution in [0.5, 0.6) is 11.5 Å². The van der Waals surface area contributed by atoms with Gasteiger partial charge in [0.2, 0.25) is 5.13 Å². The lowest BCUT2D eigenvalue weighted by molar-refractivity contribution is -0.142. The lowest BCUT2D eigenvalue weighted by Crippen LogP contribution is -2.07. The number of thiazole rings is 1. The zero-order valence-corrected chi connectivity index (χ0v) is 15.5. The quantitative estimate of drug-likeness (QED) is 0.441. The topological polar surface area (TPSA) is 82.0 Å². The molecule has 25 heavy (non-hydrogen) atoms. The van der Waals surface area contributed by atoms with Gasteiger partial charge in [-0.3, -0.25) is 10.2 Å². The van der Waals surface area contributed by atoms with Gasteiger partial charge in [0.25, 0.3) is 0 Å². The van der Waals surface area contributed by atoms with E-state index in [1.54, 1.807) is 32.7 Å². The van der Waals surface area contributed by atoms with E-state index in [0.717, 1.165) is 16.9 Å². The van der Waals surface area contributed by atoms with Gasteiger partial charge in [0.1, 0.15) is 11.5 Å². The minimum Gasteiger partial charge on any atom is -0.496 e. The second kappa shape index (κ2) is 9.03. The van der Waals surface area contributed by atoms with Crippen molar-refractivity contribution in [1.82, 2.24) is 4.98 Å². The number of hydrogen-bond donors (Lipinski definition) is 1. The summed E-state index contributed by atoms with van der Waals surface area (Å²) in [5.74, 6) is 1.17. The summed E-state index contributed by atoms with van der Waals surface area (Å²) in [5, 5.41) is 6.56. The number of carbonyl (C=O) groups is 1. The molecule has 1 aromatic carbocycles. The van der Waals surface area contributed by atoms with E-state index in [1.807, 2.05) is 19.1 Å². The first-order chi connectivity index (χ1) is 12.1. The van der Waals surface area contributed by atoms with Crippen LogP contribution in [0, 0.1) is 6.92 Å². The normalized spacial score (nSPS) is 10.7. The van der Waals surface area contributed by atoms with Gasteiger partial charge in [0.15, 0.2) is 0 Å². The Hall–Kier alpha value is -2.61. The molecular weight excluding hydrogens is 342 g/mol. The fraction of sp³-hybridized carbons (Fsp3) is 0.353. The van der Waals surface area contributed by atoms with Crippen LogP contribution in [0.3, 0.4) is 0 Å². The zero-order chi connectivity index (χ0) is 18.2. The van der Waals surface area contributed by atoms with E-state index < -0.39 is 0 Å². The third-order valence-corrected chi connectivity index (χ3v) is 4.09. The number of aryl methyl sites for hydroxylation is 1. The summed E-state index contributed by atoms with van der Waals surface area (Å²) in [6.45, 7) is 4.08. The molecule has 0 unspecified atom stereocenters. The van der Waals surface area contributed by atoms with Gasteiger partial charge in [-0.25, -0.2) is 4.98 Å². The number of hydrazone groups is 1. The van der Waals surface area contributed by atoms with E-state index in [9.17, 15) is 4.79 Å². The number of hydrogen-bond acceptors (Lipinski definition) is 8. The second-order valence-electron chi connectivity index (χ2n) is 5.06. The van der Waals surface area contributed by atoms with Crippen LogP contribution in [0.25, 0.3) is 0 Å². The number of nitrogens with zero attached hydrogens (tertiary/aromatic N) is 2. The molecule has 1 heterocycles. The minimum absolute atomic E-state index is 0.152. The average Bonchev–Trinajstić information content (AvgIpc) is 3.03. The van der Waals surface area contributed by atoms with Crippen LogP contribution in [0.2, 0.25) is 0 Å². The third-order valence-electron chi connectivity index (χ3n) is 3.29. The largest absolute Gasteiger partial charge is 0.496 e. The molecule has 0 fully saturated rings. The molecule has 1 N–H and O–H groups in total. The first-order valence-electron chi connectivity index (χ1n) is 7.69. The van der Waals surface area contributed by atoms with Gasteiger partial charge >= 0.3 is 5.97 Å². The molecule has 0 radical (unpaired) electrons. The van der Waals surface area contributed by atoms with Gasteiger partial charge < -0.3 is 14.2 Å². The SMILES string of the molecule is CCOC(=O)Cc1csc(NN=Cc2cc(OC)c(C)cc2OC)n1. The molecule has 0 saturated heterocycles. The van der Waals surface area contributed by atoms with Gasteiger partial charge in [0.05, 0.1) is 39.2 Å². The Morgan fingerprint density at radius 3 is 2.76 bits per heavy atom. The van der Waals surface area contributed by atoms with Crippen molar-refractivity contribution in [3.05, 3.63) is 34.3 Å². The summed E-state index contributed by atoms with van der Waals surface area (Å²) in [7, 11) is 3.23. The highest BCUT2D eigenvalue weighted by molar-refractivity contribution is 7.13. The zero-order valence-electron chi connectivity index (χ0n) is 14.7. The van der Waals surface area contributed by atoms with Crippen molar-refractivity contribution < 1.29 is 19.0 Å². The lowest BCUT2D eigenvalue weighted by atomic mass is 10.1. The van der Waals surface area contributed by atoms with Crippen molar-refractivity contribution in [1.29, 1.82) is 0 Å². The first kappa shape index (κ1) is 18.7. The molecule has 1 aromatic heterocycles. The maximum Gasteiger partial charge on any atom is 0.311 e. The molecule has 0 aliphatic carbocycles. The van der Waals surface area contributed by atoms with E-state index in [1.165, 1.54) is 11.3 Å². The summed E-state index contributed by atoms with van der Waals surface area (Å²) >= 11 is 1.37. The maximum atomic E-state index is 11.4. The number of methoxy groups -OCH3 is 2. The van der Waals surface area contributed by atoms with Gasteiger partial charge in [-0.2, -0.15) is 5.10 Å². The molecule has 0 spiro atoms. The van der Waals surface area contributed by atoms with Crippen LogP contribution >= 0.6 is 11.3 Å². The van der Waals surface area contributed by atoms with E-state index >= 15 is 0 Å². The van der Waals surface area contributed by atoms with Gasteiger partial charge in [-0.1, -0.05) is 0 Å². The number of nitrogens with one attached hydrogen (secondary N) is 1. The summed E-state index contributed by atoms with van der Waals surface area (Å²) < 4.78 is 15.6. The van der Waals surface area contributed by atoms with Crippen LogP contribution in [-0.2, 0) is 16.0 Å². The van der Waals surface area contributed by atoms with Gasteiger partial charge in [-0.15, -0.1) is 11.3 Å². The highest BCUT2D eigenvalue weighted by atomic mass is 32.1. The molecule has 7 nitrogen and oxygen atoms in total. The number of benzene rings is 1. The summed E-state index contributed by atoms with van der Waals surface area (Å²) in [6, 6.07) is 3.74. The Morgan fingerprint density at radius 2 is 2.08 bits per heavy atom. The van der Waals surface area contributed by atoms with Crippen molar-refractivity contribution in [2.24, 2.45) is 5.10 Å². The number of ether oxygens (including phenoxy) is 3. The predicted octanol–water partition coefficient (Wildman–Crippen LogP) is 3.02. The molecule has 2 aromatic rings. The van der Waals surface area contributed by atoms with E-state index in [2.05, 4.69) is 15.5 Å². The number of aromatic nitrogens is 1. The number of anilines is 1. The fourth-order valence-corrected chi connectivity index (χ4v) is 2.79. The molecule has 0 aliphatic rings. The van der Waals surface area contributed by atoms with E-state index in [0.29, 0.717) is 23.2 Å². The minimum atomic E-state index is -0.292. The average molecular weight is 363 g/mol. The third kappa shape index (κ3) is 5.18. The molecule has 0 aliphatic heterocycles. The van der Waals surface area contributed by atoms with Crippen molar-refractivity contribution in [3.63, 3.8) is 0 Å². The summed E-state index contributed by atoms with van der Waals surface area (Å²) in [5.41, 5.74) is 5.26. The Morgan fingerprint density at radius 1 is 1.32 bits per heavy atom. The molecule has 2 rings (SSSR count). The van der Waals surface area contributed by atoms with Crippen molar-refractivity contribution in [2.75, 3.05) is 26.3 Å². The maximum absolute atomic E-state index is 11.4. The van der Waals surface area contributed by atoms with Crippen molar-refractivity contribution in [2.45, 2.75) is 20.3 Å². The van der Waals surface area contributed by atoms with E-state index in [4.69, 9.17) is 14.2 Å². The van der Waals surface area contributed by atoms with Crippen molar-refractivity contribution in [3.8, 4) is 11.5 Å². The smallest absolute Gasteiger partial charge is 0.311 e. The summed E-state index contributed by atoms with van der Waals surface area (Å²) in [6.07, 6.45) is 1.78. The fourth-order valence-electron chi connectivity index (χ4n) is 2.13. The Balaban J connectivity index is 2.04. The number of rotatable bonds is 8. The lowest BCUT2D eigenvalue weighted by Gasteiger charge is -2.10. The molecule has 0 atom stereocenters. The second-order valence-corrected chi connectivity index (χ2v) is 5.92. The predicted molar refractivity (Wildman–Crippen MR) is 98.0 cm³/mol. The van der Waals surface area contributed by atoms with Gasteiger partial charge in [-0.05, 0) is 31.5 Å². The van der Waals surface area contributed by atoms with Crippen LogP contribution in [0.1, 0.15) is 23.7 Å². The van der Waals surface area contributed by atoms with Crippen molar-refractivity contribution >= 4 is 28.7 Å². The first-order valence-corrected chi connectivity index (χ1v) is 8.57. The van der Waals surface area contributed by atoms with E-state index in [-0.39, 0.29) is 12.4 Å². The summed E-state index contributed by atoms with van der Waals surface area (Å²) in [4.78, 5) is 15.7. The number of carbonyl (C=O) groups excluding carboxylic acids is 1. The Bertz CT molecular complexity index is 758. The number of esters is 1. The molecule has 8 heteroatoms. The molecule has 0 saturated carbocycles.